The van der Waals surface area contributed by atoms with Crippen LogP contribution < -0.4 is 5.32 Å². The van der Waals surface area contributed by atoms with E-state index in [1.54, 1.807) is 17.4 Å². The van der Waals surface area contributed by atoms with Crippen LogP contribution >= 0.6 is 11.8 Å². The summed E-state index contributed by atoms with van der Waals surface area (Å²) in [6, 6.07) is 9.28. The molecule has 0 fully saturated rings. The monoisotopic (exact) mass is 362 g/mol. The van der Waals surface area contributed by atoms with E-state index in [1.165, 1.54) is 18.9 Å². The normalized spacial score (nSPS) is 10.3. The zero-order valence-corrected chi connectivity index (χ0v) is 15.2. The average molecular weight is 362 g/mol. The standard InChI is InChI=1S/C18H22N2O4S/c1-3-20(10-15-7-8-24-11-15)18(22)19-16-6-4-5-14(9-16)12-25-13-17(21)23-2/h4-9,11H,3,10,12-13H2,1-2H3,(H,19,22). The quantitative estimate of drug-likeness (QED) is 0.724. The number of nitrogens with zero attached hydrogens (tertiary/aromatic N) is 1. The van der Waals surface area contributed by atoms with Crippen LogP contribution in [-0.2, 0) is 21.8 Å². The molecule has 1 aromatic carbocycles. The number of amides is 2. The van der Waals surface area contributed by atoms with E-state index < -0.39 is 0 Å². The van der Waals surface area contributed by atoms with Crippen LogP contribution in [-0.4, -0.2) is 36.3 Å². The molecule has 0 saturated heterocycles. The van der Waals surface area contributed by atoms with Crippen molar-refractivity contribution < 1.29 is 18.7 Å². The fourth-order valence-corrected chi connectivity index (χ4v) is 2.98. The van der Waals surface area contributed by atoms with Gasteiger partial charge >= 0.3 is 12.0 Å². The summed E-state index contributed by atoms with van der Waals surface area (Å²) in [5.41, 5.74) is 2.71. The van der Waals surface area contributed by atoms with Gasteiger partial charge in [-0.2, -0.15) is 0 Å². The van der Waals surface area contributed by atoms with Gasteiger partial charge in [0.1, 0.15) is 0 Å². The molecule has 0 bridgehead atoms. The SMILES string of the molecule is CCN(Cc1ccoc1)C(=O)Nc1cccc(CSCC(=O)OC)c1. The van der Waals surface area contributed by atoms with Crippen LogP contribution in [0.2, 0.25) is 0 Å². The molecule has 2 amide bonds. The van der Waals surface area contributed by atoms with Crippen LogP contribution in [0.4, 0.5) is 10.5 Å². The second-order valence-electron chi connectivity index (χ2n) is 5.35. The number of ether oxygens (including phenoxy) is 1. The molecule has 6 nitrogen and oxygen atoms in total. The van der Waals surface area contributed by atoms with Crippen molar-refractivity contribution in [3.05, 3.63) is 54.0 Å². The number of carbonyl (C=O) groups is 2. The topological polar surface area (TPSA) is 71.8 Å². The number of anilines is 1. The zero-order valence-electron chi connectivity index (χ0n) is 14.4. The highest BCUT2D eigenvalue weighted by atomic mass is 32.2. The van der Waals surface area contributed by atoms with E-state index in [9.17, 15) is 9.59 Å². The lowest BCUT2D eigenvalue weighted by Crippen LogP contribution is -2.34. The maximum atomic E-state index is 12.4. The molecule has 2 aromatic rings. The summed E-state index contributed by atoms with van der Waals surface area (Å²) in [4.78, 5) is 25.3. The lowest BCUT2D eigenvalue weighted by molar-refractivity contribution is -0.137. The molecule has 0 atom stereocenters. The largest absolute Gasteiger partial charge is 0.472 e. The van der Waals surface area contributed by atoms with Gasteiger partial charge in [0.15, 0.2) is 0 Å². The Bertz CT molecular complexity index is 688. The molecule has 0 aliphatic carbocycles. The third-order valence-corrected chi connectivity index (χ3v) is 4.49. The first-order valence-corrected chi connectivity index (χ1v) is 9.08. The van der Waals surface area contributed by atoms with Crippen molar-refractivity contribution in [1.82, 2.24) is 4.90 Å². The van der Waals surface area contributed by atoms with Gasteiger partial charge in [0.2, 0.25) is 0 Å². The van der Waals surface area contributed by atoms with Gasteiger partial charge in [0, 0.05) is 23.5 Å². The van der Waals surface area contributed by atoms with Crippen molar-refractivity contribution in [3.63, 3.8) is 0 Å². The molecule has 0 spiro atoms. The first kappa shape index (κ1) is 18.9. The number of benzene rings is 1. The Morgan fingerprint density at radius 1 is 1.28 bits per heavy atom. The average Bonchev–Trinajstić information content (AvgIpc) is 3.13. The molecular formula is C18H22N2O4S. The summed E-state index contributed by atoms with van der Waals surface area (Å²) in [6.07, 6.45) is 3.23. The molecule has 25 heavy (non-hydrogen) atoms. The second kappa shape index (κ2) is 9.78. The lowest BCUT2D eigenvalue weighted by atomic mass is 10.2. The highest BCUT2D eigenvalue weighted by molar-refractivity contribution is 7.99. The summed E-state index contributed by atoms with van der Waals surface area (Å²) < 4.78 is 9.66. The van der Waals surface area contributed by atoms with Crippen molar-refractivity contribution in [3.8, 4) is 0 Å². The van der Waals surface area contributed by atoms with E-state index in [1.807, 2.05) is 37.3 Å². The van der Waals surface area contributed by atoms with Gasteiger partial charge in [-0.3, -0.25) is 4.79 Å². The molecule has 0 aliphatic rings. The van der Waals surface area contributed by atoms with E-state index in [4.69, 9.17) is 4.42 Å². The second-order valence-corrected chi connectivity index (χ2v) is 6.33. The highest BCUT2D eigenvalue weighted by Crippen LogP contribution is 2.17. The fraction of sp³-hybridized carbons (Fsp3) is 0.333. The minimum absolute atomic E-state index is 0.164. The maximum Gasteiger partial charge on any atom is 0.322 e. The molecule has 1 aromatic heterocycles. The molecule has 0 saturated carbocycles. The predicted molar refractivity (Wildman–Crippen MR) is 98.4 cm³/mol. The Morgan fingerprint density at radius 2 is 2.12 bits per heavy atom. The Balaban J connectivity index is 1.91. The Morgan fingerprint density at radius 3 is 2.80 bits per heavy atom. The van der Waals surface area contributed by atoms with Gasteiger partial charge in [-0.15, -0.1) is 11.8 Å². The molecule has 1 N–H and O–H groups in total. The van der Waals surface area contributed by atoms with E-state index in [2.05, 4.69) is 10.1 Å². The number of urea groups is 1. The lowest BCUT2D eigenvalue weighted by Gasteiger charge is -2.21. The Kier molecular flexibility index (Phi) is 7.40. The van der Waals surface area contributed by atoms with E-state index in [0.29, 0.717) is 24.6 Å². The van der Waals surface area contributed by atoms with Crippen molar-refractivity contribution >= 4 is 29.4 Å². The van der Waals surface area contributed by atoms with Gasteiger partial charge in [0.05, 0.1) is 31.9 Å². The summed E-state index contributed by atoms with van der Waals surface area (Å²) in [5, 5.41) is 2.91. The van der Waals surface area contributed by atoms with Crippen molar-refractivity contribution in [1.29, 1.82) is 0 Å². The van der Waals surface area contributed by atoms with Gasteiger partial charge < -0.3 is 19.4 Å². The minimum Gasteiger partial charge on any atom is -0.472 e. The molecular weight excluding hydrogens is 340 g/mol. The van der Waals surface area contributed by atoms with Crippen LogP contribution in [0.3, 0.4) is 0 Å². The first-order valence-electron chi connectivity index (χ1n) is 7.93. The van der Waals surface area contributed by atoms with Crippen LogP contribution in [0.5, 0.6) is 0 Å². The third kappa shape index (κ3) is 6.19. The number of hydrogen-bond acceptors (Lipinski definition) is 5. The zero-order chi connectivity index (χ0) is 18.1. The molecule has 0 aliphatic heterocycles. The summed E-state index contributed by atoms with van der Waals surface area (Å²) in [7, 11) is 1.38. The smallest absolute Gasteiger partial charge is 0.322 e. The van der Waals surface area contributed by atoms with Crippen LogP contribution in [0, 0.1) is 0 Å². The summed E-state index contributed by atoms with van der Waals surface area (Å²) in [5.74, 6) is 0.736. The fourth-order valence-electron chi connectivity index (χ4n) is 2.18. The number of hydrogen-bond donors (Lipinski definition) is 1. The van der Waals surface area contributed by atoms with Crippen LogP contribution in [0.25, 0.3) is 0 Å². The Hall–Kier alpha value is -2.41. The Labute approximate surface area is 151 Å². The van der Waals surface area contributed by atoms with Crippen molar-refractivity contribution in [2.45, 2.75) is 19.2 Å². The molecule has 0 radical (unpaired) electrons. The van der Waals surface area contributed by atoms with Crippen LogP contribution in [0.15, 0.2) is 47.3 Å². The van der Waals surface area contributed by atoms with E-state index >= 15 is 0 Å². The summed E-state index contributed by atoms with van der Waals surface area (Å²) >= 11 is 1.47. The molecule has 1 heterocycles. The molecule has 2 rings (SSSR count). The number of nitrogens with one attached hydrogen (secondary N) is 1. The number of methoxy groups -OCH3 is 1. The number of carbonyl (C=O) groups excluding carboxylic acids is 2. The third-order valence-electron chi connectivity index (χ3n) is 3.52. The van der Waals surface area contributed by atoms with Crippen LogP contribution in [0.1, 0.15) is 18.1 Å². The van der Waals surface area contributed by atoms with Crippen molar-refractivity contribution in [2.24, 2.45) is 0 Å². The van der Waals surface area contributed by atoms with E-state index in [0.717, 1.165) is 16.8 Å². The minimum atomic E-state index is -0.243. The summed E-state index contributed by atoms with van der Waals surface area (Å²) in [6.45, 7) is 3.01. The van der Waals surface area contributed by atoms with Gasteiger partial charge in [-0.25, -0.2) is 4.79 Å². The molecule has 7 heteroatoms. The van der Waals surface area contributed by atoms with E-state index in [-0.39, 0.29) is 12.0 Å². The molecule has 0 unspecified atom stereocenters. The number of furan rings is 1. The van der Waals surface area contributed by atoms with Crippen molar-refractivity contribution in [2.75, 3.05) is 24.7 Å². The maximum absolute atomic E-state index is 12.4. The predicted octanol–water partition coefficient (Wildman–Crippen LogP) is 3.74. The highest BCUT2D eigenvalue weighted by Gasteiger charge is 2.13. The number of esters is 1. The van der Waals surface area contributed by atoms with Gasteiger partial charge in [-0.1, -0.05) is 12.1 Å². The number of thioether (sulfide) groups is 1. The number of rotatable bonds is 8. The van der Waals surface area contributed by atoms with Gasteiger partial charge in [0.25, 0.3) is 0 Å². The first-order chi connectivity index (χ1) is 12.1. The van der Waals surface area contributed by atoms with Gasteiger partial charge in [-0.05, 0) is 30.7 Å². The molecule has 134 valence electrons.